The standard InChI is InChI=1S/C14H17BrN4/c1-9(2)12-13(16)18-8-19-14(12)17-7-10-5-3-4-6-11(10)15/h3-6,8-9H,7H2,1-2H3,(H3,16,17,18,19). The van der Waals surface area contributed by atoms with E-state index >= 15 is 0 Å². The predicted octanol–water partition coefficient (Wildman–Crippen LogP) is 3.56. The summed E-state index contributed by atoms with van der Waals surface area (Å²) in [7, 11) is 0. The number of anilines is 2. The van der Waals surface area contributed by atoms with Crippen LogP contribution in [0.4, 0.5) is 11.6 Å². The van der Waals surface area contributed by atoms with E-state index in [2.05, 4.69) is 51.1 Å². The molecule has 0 fully saturated rings. The van der Waals surface area contributed by atoms with Crippen molar-refractivity contribution in [3.05, 3.63) is 46.2 Å². The van der Waals surface area contributed by atoms with Crippen LogP contribution in [0, 0.1) is 0 Å². The Balaban J connectivity index is 2.21. The van der Waals surface area contributed by atoms with Crippen molar-refractivity contribution in [3.63, 3.8) is 0 Å². The highest BCUT2D eigenvalue weighted by Crippen LogP contribution is 2.27. The second-order valence-corrected chi connectivity index (χ2v) is 5.48. The summed E-state index contributed by atoms with van der Waals surface area (Å²) >= 11 is 3.53. The van der Waals surface area contributed by atoms with Gasteiger partial charge in [-0.3, -0.25) is 0 Å². The Morgan fingerprint density at radius 2 is 2.00 bits per heavy atom. The van der Waals surface area contributed by atoms with Crippen LogP contribution in [0.2, 0.25) is 0 Å². The quantitative estimate of drug-likeness (QED) is 0.904. The maximum atomic E-state index is 5.92. The molecule has 0 aliphatic rings. The Bertz CT molecular complexity index is 569. The van der Waals surface area contributed by atoms with E-state index in [1.54, 1.807) is 0 Å². The molecule has 3 N–H and O–H groups in total. The summed E-state index contributed by atoms with van der Waals surface area (Å²) in [6.07, 6.45) is 1.49. The molecule has 0 saturated heterocycles. The zero-order valence-electron chi connectivity index (χ0n) is 11.0. The summed E-state index contributed by atoms with van der Waals surface area (Å²) in [5.41, 5.74) is 8.06. The lowest BCUT2D eigenvalue weighted by Crippen LogP contribution is -2.09. The SMILES string of the molecule is CC(C)c1c(N)ncnc1NCc1ccccc1Br. The van der Waals surface area contributed by atoms with Gasteiger partial charge in [-0.25, -0.2) is 9.97 Å². The summed E-state index contributed by atoms with van der Waals surface area (Å²) in [5.74, 6) is 1.63. The van der Waals surface area contributed by atoms with Gasteiger partial charge in [0, 0.05) is 16.6 Å². The van der Waals surface area contributed by atoms with Crippen LogP contribution in [0.3, 0.4) is 0 Å². The smallest absolute Gasteiger partial charge is 0.135 e. The van der Waals surface area contributed by atoms with Crippen molar-refractivity contribution in [1.29, 1.82) is 0 Å². The molecule has 4 nitrogen and oxygen atoms in total. The topological polar surface area (TPSA) is 63.8 Å². The monoisotopic (exact) mass is 320 g/mol. The number of nitrogens with one attached hydrogen (secondary N) is 1. The minimum atomic E-state index is 0.280. The average Bonchev–Trinajstić information content (AvgIpc) is 2.37. The highest BCUT2D eigenvalue weighted by molar-refractivity contribution is 9.10. The molecule has 0 radical (unpaired) electrons. The third-order valence-corrected chi connectivity index (χ3v) is 3.67. The Labute approximate surface area is 121 Å². The van der Waals surface area contributed by atoms with E-state index in [-0.39, 0.29) is 5.92 Å². The largest absolute Gasteiger partial charge is 0.383 e. The molecule has 100 valence electrons. The number of rotatable bonds is 4. The molecule has 19 heavy (non-hydrogen) atoms. The van der Waals surface area contributed by atoms with Gasteiger partial charge in [0.1, 0.15) is 18.0 Å². The lowest BCUT2D eigenvalue weighted by atomic mass is 10.0. The van der Waals surface area contributed by atoms with E-state index in [1.165, 1.54) is 11.9 Å². The van der Waals surface area contributed by atoms with E-state index in [1.807, 2.05) is 18.2 Å². The van der Waals surface area contributed by atoms with Crippen molar-refractivity contribution in [2.75, 3.05) is 11.1 Å². The molecule has 1 heterocycles. The zero-order valence-corrected chi connectivity index (χ0v) is 12.6. The van der Waals surface area contributed by atoms with Crippen molar-refractivity contribution in [2.45, 2.75) is 26.3 Å². The predicted molar refractivity (Wildman–Crippen MR) is 82.0 cm³/mol. The number of hydrogen-bond acceptors (Lipinski definition) is 4. The Morgan fingerprint density at radius 1 is 1.26 bits per heavy atom. The van der Waals surface area contributed by atoms with E-state index in [0.29, 0.717) is 12.4 Å². The molecule has 0 unspecified atom stereocenters. The summed E-state index contributed by atoms with van der Waals surface area (Å²) in [6.45, 7) is 4.86. The van der Waals surface area contributed by atoms with Crippen LogP contribution < -0.4 is 11.1 Å². The minimum Gasteiger partial charge on any atom is -0.383 e. The number of aromatic nitrogens is 2. The van der Waals surface area contributed by atoms with Crippen LogP contribution in [0.5, 0.6) is 0 Å². The van der Waals surface area contributed by atoms with Gasteiger partial charge in [-0.05, 0) is 17.5 Å². The first kappa shape index (κ1) is 13.8. The van der Waals surface area contributed by atoms with Gasteiger partial charge in [0.2, 0.25) is 0 Å². The van der Waals surface area contributed by atoms with Crippen molar-refractivity contribution in [3.8, 4) is 0 Å². The van der Waals surface area contributed by atoms with E-state index in [9.17, 15) is 0 Å². The Morgan fingerprint density at radius 3 is 2.68 bits per heavy atom. The van der Waals surface area contributed by atoms with Gasteiger partial charge in [0.05, 0.1) is 0 Å². The summed E-state index contributed by atoms with van der Waals surface area (Å²) < 4.78 is 1.08. The highest BCUT2D eigenvalue weighted by atomic mass is 79.9. The normalized spacial score (nSPS) is 10.7. The summed E-state index contributed by atoms with van der Waals surface area (Å²) in [6, 6.07) is 8.10. The lowest BCUT2D eigenvalue weighted by molar-refractivity contribution is 0.849. The second kappa shape index (κ2) is 6.02. The first-order chi connectivity index (χ1) is 9.09. The molecule has 0 saturated carbocycles. The first-order valence-corrected chi connectivity index (χ1v) is 6.96. The fraction of sp³-hybridized carbons (Fsp3) is 0.286. The van der Waals surface area contributed by atoms with Gasteiger partial charge in [0.25, 0.3) is 0 Å². The van der Waals surface area contributed by atoms with E-state index < -0.39 is 0 Å². The minimum absolute atomic E-state index is 0.280. The molecule has 0 spiro atoms. The molecular formula is C14H17BrN4. The van der Waals surface area contributed by atoms with E-state index in [4.69, 9.17) is 5.73 Å². The number of nitrogen functional groups attached to an aromatic ring is 1. The van der Waals surface area contributed by atoms with Crippen molar-refractivity contribution < 1.29 is 0 Å². The van der Waals surface area contributed by atoms with Crippen LogP contribution >= 0.6 is 15.9 Å². The van der Waals surface area contributed by atoms with Crippen LogP contribution in [-0.4, -0.2) is 9.97 Å². The van der Waals surface area contributed by atoms with Gasteiger partial charge in [-0.15, -0.1) is 0 Å². The highest BCUT2D eigenvalue weighted by Gasteiger charge is 2.12. The molecule has 2 rings (SSSR count). The van der Waals surface area contributed by atoms with Crippen molar-refractivity contribution >= 4 is 27.6 Å². The number of nitrogens with two attached hydrogens (primary N) is 1. The van der Waals surface area contributed by atoms with Gasteiger partial charge in [0.15, 0.2) is 0 Å². The van der Waals surface area contributed by atoms with Gasteiger partial charge >= 0.3 is 0 Å². The first-order valence-electron chi connectivity index (χ1n) is 6.17. The zero-order chi connectivity index (χ0) is 13.8. The molecule has 2 aromatic rings. The summed E-state index contributed by atoms with van der Waals surface area (Å²) in [5, 5.41) is 3.33. The molecule has 0 bridgehead atoms. The maximum Gasteiger partial charge on any atom is 0.135 e. The van der Waals surface area contributed by atoms with Gasteiger partial charge < -0.3 is 11.1 Å². The van der Waals surface area contributed by atoms with Crippen LogP contribution in [0.1, 0.15) is 30.9 Å². The van der Waals surface area contributed by atoms with Crippen molar-refractivity contribution in [1.82, 2.24) is 9.97 Å². The lowest BCUT2D eigenvalue weighted by Gasteiger charge is -2.15. The molecule has 5 heteroatoms. The van der Waals surface area contributed by atoms with E-state index in [0.717, 1.165) is 15.9 Å². The number of benzene rings is 1. The van der Waals surface area contributed by atoms with Crippen LogP contribution in [0.15, 0.2) is 35.1 Å². The second-order valence-electron chi connectivity index (χ2n) is 4.62. The number of hydrogen-bond donors (Lipinski definition) is 2. The summed E-state index contributed by atoms with van der Waals surface area (Å²) in [4.78, 5) is 8.34. The fourth-order valence-corrected chi connectivity index (χ4v) is 2.36. The molecule has 1 aromatic heterocycles. The fourth-order valence-electron chi connectivity index (χ4n) is 1.94. The number of nitrogens with zero attached hydrogens (tertiary/aromatic N) is 2. The average molecular weight is 321 g/mol. The third-order valence-electron chi connectivity index (χ3n) is 2.90. The molecule has 1 aromatic carbocycles. The van der Waals surface area contributed by atoms with Crippen molar-refractivity contribution in [2.24, 2.45) is 0 Å². The molecule has 0 atom stereocenters. The Kier molecular flexibility index (Phi) is 4.37. The van der Waals surface area contributed by atoms with Crippen LogP contribution in [0.25, 0.3) is 0 Å². The number of halogens is 1. The third kappa shape index (κ3) is 3.23. The Hall–Kier alpha value is -1.62. The maximum absolute atomic E-state index is 5.92. The molecular weight excluding hydrogens is 304 g/mol. The van der Waals surface area contributed by atoms with Crippen LogP contribution in [-0.2, 0) is 6.54 Å². The molecule has 0 aliphatic carbocycles. The van der Waals surface area contributed by atoms with Gasteiger partial charge in [-0.2, -0.15) is 0 Å². The molecule has 0 aliphatic heterocycles. The molecule has 0 amide bonds. The van der Waals surface area contributed by atoms with Gasteiger partial charge in [-0.1, -0.05) is 48.0 Å².